The zero-order valence-electron chi connectivity index (χ0n) is 10.1. The first-order valence-electron chi connectivity index (χ1n) is 6.10. The van der Waals surface area contributed by atoms with E-state index >= 15 is 0 Å². The van der Waals surface area contributed by atoms with Gasteiger partial charge in [-0.05, 0) is 38.0 Å². The minimum Gasteiger partial charge on any atom is -0.463 e. The summed E-state index contributed by atoms with van der Waals surface area (Å²) in [5.74, 6) is 1.22. The Bertz CT molecular complexity index is 243. The molecular formula is C13H22O2. The van der Waals surface area contributed by atoms with Crippen LogP contribution in [0.3, 0.4) is 0 Å². The molecule has 0 saturated carbocycles. The summed E-state index contributed by atoms with van der Waals surface area (Å²) in [6, 6.07) is 0. The van der Waals surface area contributed by atoms with Crippen molar-refractivity contribution >= 4 is 5.97 Å². The second-order valence-electron chi connectivity index (χ2n) is 4.19. The van der Waals surface area contributed by atoms with Gasteiger partial charge in [0.15, 0.2) is 0 Å². The van der Waals surface area contributed by atoms with Crippen LogP contribution in [0, 0.1) is 11.8 Å². The lowest BCUT2D eigenvalue weighted by Gasteiger charge is -2.28. The van der Waals surface area contributed by atoms with E-state index in [1.165, 1.54) is 6.42 Å². The number of carbonyl (C=O) groups excluding carboxylic acids is 1. The molecule has 0 aromatic heterocycles. The monoisotopic (exact) mass is 210 g/mol. The van der Waals surface area contributed by atoms with Crippen LogP contribution in [0.25, 0.3) is 0 Å². The van der Waals surface area contributed by atoms with Crippen molar-refractivity contribution in [2.75, 3.05) is 6.61 Å². The Morgan fingerprint density at radius 3 is 2.67 bits per heavy atom. The van der Waals surface area contributed by atoms with Crippen LogP contribution in [0.15, 0.2) is 11.6 Å². The Balaban J connectivity index is 2.67. The molecule has 0 N–H and O–H groups in total. The maximum atomic E-state index is 11.6. The molecule has 0 radical (unpaired) electrons. The highest BCUT2D eigenvalue weighted by atomic mass is 16.5. The van der Waals surface area contributed by atoms with Gasteiger partial charge >= 0.3 is 5.97 Å². The molecule has 1 aliphatic rings. The molecule has 0 aromatic rings. The van der Waals surface area contributed by atoms with Gasteiger partial charge in [0.05, 0.1) is 6.61 Å². The summed E-state index contributed by atoms with van der Waals surface area (Å²) in [6.45, 7) is 6.76. The van der Waals surface area contributed by atoms with Crippen LogP contribution in [0.4, 0.5) is 0 Å². The van der Waals surface area contributed by atoms with Gasteiger partial charge in [-0.25, -0.2) is 4.79 Å². The minimum absolute atomic E-state index is 0.106. The fraction of sp³-hybridized carbons (Fsp3) is 0.769. The van der Waals surface area contributed by atoms with Crippen LogP contribution in [-0.2, 0) is 9.53 Å². The average Bonchev–Trinajstić information content (AvgIpc) is 2.28. The zero-order valence-corrected chi connectivity index (χ0v) is 10.1. The van der Waals surface area contributed by atoms with Crippen LogP contribution in [-0.4, -0.2) is 12.6 Å². The van der Waals surface area contributed by atoms with Crippen molar-refractivity contribution in [2.24, 2.45) is 11.8 Å². The number of carbonyl (C=O) groups is 1. The molecule has 0 aliphatic heterocycles. The van der Waals surface area contributed by atoms with Crippen molar-refractivity contribution in [3.63, 3.8) is 0 Å². The number of allylic oxidation sites excluding steroid dienone is 1. The molecule has 15 heavy (non-hydrogen) atoms. The quantitative estimate of drug-likeness (QED) is 0.665. The van der Waals surface area contributed by atoms with Crippen molar-refractivity contribution in [3.8, 4) is 0 Å². The molecule has 2 atom stereocenters. The standard InChI is InChI=1S/C13H22O2/c1-4-10-7-8-12(9-11(10)5-2)13(14)15-6-3/h9-11H,4-8H2,1-3H3/t10-,11+/m0/s1. The Hall–Kier alpha value is -0.790. The molecule has 0 heterocycles. The molecule has 1 rings (SSSR count). The Morgan fingerprint density at radius 1 is 1.40 bits per heavy atom. The summed E-state index contributed by atoms with van der Waals surface area (Å²) in [4.78, 5) is 11.6. The van der Waals surface area contributed by atoms with Gasteiger partial charge in [0.25, 0.3) is 0 Å². The molecule has 0 amide bonds. The van der Waals surface area contributed by atoms with Crippen molar-refractivity contribution < 1.29 is 9.53 Å². The second kappa shape index (κ2) is 5.94. The Morgan fingerprint density at radius 2 is 2.13 bits per heavy atom. The van der Waals surface area contributed by atoms with Gasteiger partial charge < -0.3 is 4.74 Å². The van der Waals surface area contributed by atoms with Crippen LogP contribution in [0.2, 0.25) is 0 Å². The predicted molar refractivity (Wildman–Crippen MR) is 61.5 cm³/mol. The number of esters is 1. The lowest BCUT2D eigenvalue weighted by molar-refractivity contribution is -0.138. The van der Waals surface area contributed by atoms with E-state index in [2.05, 4.69) is 19.9 Å². The molecule has 0 unspecified atom stereocenters. The summed E-state index contributed by atoms with van der Waals surface area (Å²) in [7, 11) is 0. The van der Waals surface area contributed by atoms with Crippen LogP contribution >= 0.6 is 0 Å². The van der Waals surface area contributed by atoms with E-state index in [1.54, 1.807) is 0 Å². The Kier molecular flexibility index (Phi) is 4.86. The highest BCUT2D eigenvalue weighted by molar-refractivity contribution is 5.88. The van der Waals surface area contributed by atoms with Gasteiger partial charge in [0, 0.05) is 5.57 Å². The highest BCUT2D eigenvalue weighted by Gasteiger charge is 2.25. The summed E-state index contributed by atoms with van der Waals surface area (Å²) in [6.07, 6.45) is 6.52. The van der Waals surface area contributed by atoms with E-state index in [1.807, 2.05) is 6.92 Å². The van der Waals surface area contributed by atoms with Gasteiger partial charge in [-0.15, -0.1) is 0 Å². The van der Waals surface area contributed by atoms with Gasteiger partial charge in [-0.1, -0.05) is 26.3 Å². The van der Waals surface area contributed by atoms with Crippen molar-refractivity contribution in [2.45, 2.75) is 46.5 Å². The molecule has 0 aromatic carbocycles. The lowest BCUT2D eigenvalue weighted by Crippen LogP contribution is -2.20. The lowest BCUT2D eigenvalue weighted by atomic mass is 9.78. The molecule has 0 spiro atoms. The number of ether oxygens (including phenoxy) is 1. The van der Waals surface area contributed by atoms with Crippen LogP contribution < -0.4 is 0 Å². The number of rotatable bonds is 4. The summed E-state index contributed by atoms with van der Waals surface area (Å²) in [5.41, 5.74) is 0.897. The SMILES string of the molecule is CCOC(=O)C1=C[C@@H](CC)[C@@H](CC)CC1. The minimum atomic E-state index is -0.106. The van der Waals surface area contributed by atoms with Gasteiger partial charge in [0.2, 0.25) is 0 Å². The van der Waals surface area contributed by atoms with Crippen molar-refractivity contribution in [1.29, 1.82) is 0 Å². The third-order valence-corrected chi connectivity index (χ3v) is 3.34. The third kappa shape index (κ3) is 3.08. The average molecular weight is 210 g/mol. The van der Waals surface area contributed by atoms with Crippen LogP contribution in [0.1, 0.15) is 46.5 Å². The smallest absolute Gasteiger partial charge is 0.333 e. The molecule has 2 heteroatoms. The maximum absolute atomic E-state index is 11.6. The first-order valence-corrected chi connectivity index (χ1v) is 6.10. The molecular weight excluding hydrogens is 188 g/mol. The highest BCUT2D eigenvalue weighted by Crippen LogP contribution is 2.33. The fourth-order valence-corrected chi connectivity index (χ4v) is 2.38. The summed E-state index contributed by atoms with van der Waals surface area (Å²) >= 11 is 0. The predicted octanol–water partition coefficient (Wildman–Crippen LogP) is 3.32. The third-order valence-electron chi connectivity index (χ3n) is 3.34. The summed E-state index contributed by atoms with van der Waals surface area (Å²) < 4.78 is 5.04. The summed E-state index contributed by atoms with van der Waals surface area (Å²) in [5, 5.41) is 0. The largest absolute Gasteiger partial charge is 0.463 e. The first-order chi connectivity index (χ1) is 7.22. The van der Waals surface area contributed by atoms with Crippen molar-refractivity contribution in [3.05, 3.63) is 11.6 Å². The van der Waals surface area contributed by atoms with E-state index in [0.717, 1.165) is 30.8 Å². The molecule has 86 valence electrons. The van der Waals surface area contributed by atoms with Gasteiger partial charge in [-0.3, -0.25) is 0 Å². The molecule has 0 saturated heterocycles. The van der Waals surface area contributed by atoms with E-state index in [0.29, 0.717) is 12.5 Å². The maximum Gasteiger partial charge on any atom is 0.333 e. The van der Waals surface area contributed by atoms with E-state index in [-0.39, 0.29) is 5.97 Å². The van der Waals surface area contributed by atoms with E-state index < -0.39 is 0 Å². The van der Waals surface area contributed by atoms with E-state index in [9.17, 15) is 4.79 Å². The number of hydrogen-bond acceptors (Lipinski definition) is 2. The van der Waals surface area contributed by atoms with Crippen molar-refractivity contribution in [1.82, 2.24) is 0 Å². The molecule has 0 bridgehead atoms. The Labute approximate surface area is 92.7 Å². The second-order valence-corrected chi connectivity index (χ2v) is 4.19. The topological polar surface area (TPSA) is 26.3 Å². The van der Waals surface area contributed by atoms with Gasteiger partial charge in [0.1, 0.15) is 0 Å². The number of hydrogen-bond donors (Lipinski definition) is 0. The molecule has 2 nitrogen and oxygen atoms in total. The fourth-order valence-electron chi connectivity index (χ4n) is 2.38. The van der Waals surface area contributed by atoms with Crippen LogP contribution in [0.5, 0.6) is 0 Å². The first kappa shape index (κ1) is 12.3. The van der Waals surface area contributed by atoms with Gasteiger partial charge in [-0.2, -0.15) is 0 Å². The zero-order chi connectivity index (χ0) is 11.3. The normalized spacial score (nSPS) is 25.9. The van der Waals surface area contributed by atoms with E-state index in [4.69, 9.17) is 4.74 Å². The molecule has 1 aliphatic carbocycles. The molecule has 0 fully saturated rings.